The normalized spacial score (nSPS) is 25.3. The van der Waals surface area contributed by atoms with E-state index in [1.54, 1.807) is 24.3 Å². The third-order valence-corrected chi connectivity index (χ3v) is 5.75. The molecule has 7 heteroatoms. The monoisotopic (exact) mass is 407 g/mol. The number of esters is 1. The van der Waals surface area contributed by atoms with Crippen molar-refractivity contribution in [1.82, 2.24) is 5.32 Å². The number of nitrogens with one attached hydrogen (secondary N) is 1. The van der Waals surface area contributed by atoms with Gasteiger partial charge in [-0.05, 0) is 36.7 Å². The maximum Gasteiger partial charge on any atom is 0.343 e. The highest BCUT2D eigenvalue weighted by Gasteiger charge is 2.48. The summed E-state index contributed by atoms with van der Waals surface area (Å²) in [7, 11) is 1.27. The standard InChI is InChI=1S/C22H33NO6/c1-14(2)17-10-9-15(3)11-22(17,27)21(26)23-12-18(24)16-7-5-6-8-19(16)29-13-20(25)28-4/h5-8,14-15,17-18,24,27H,9-13H2,1-4H3,(H,23,26)/t15-,17+,18?,22+/m1/s1. The van der Waals surface area contributed by atoms with Gasteiger partial charge >= 0.3 is 5.97 Å². The van der Waals surface area contributed by atoms with E-state index in [4.69, 9.17) is 4.74 Å². The van der Waals surface area contributed by atoms with Gasteiger partial charge in [0.05, 0.1) is 13.2 Å². The first-order valence-electron chi connectivity index (χ1n) is 10.2. The van der Waals surface area contributed by atoms with E-state index < -0.39 is 23.6 Å². The van der Waals surface area contributed by atoms with Gasteiger partial charge in [0.15, 0.2) is 6.61 Å². The number of rotatable bonds is 8. The van der Waals surface area contributed by atoms with E-state index in [2.05, 4.69) is 10.1 Å². The molecule has 3 N–H and O–H groups in total. The SMILES string of the molecule is COC(=O)COc1ccccc1C(O)CNC(=O)[C@]1(O)C[C@H](C)CC[C@H]1C(C)C. The zero-order valence-corrected chi connectivity index (χ0v) is 17.7. The van der Waals surface area contributed by atoms with Gasteiger partial charge in [0.2, 0.25) is 0 Å². The van der Waals surface area contributed by atoms with Crippen molar-refractivity contribution in [2.45, 2.75) is 51.7 Å². The Labute approximate surface area is 172 Å². The molecule has 0 radical (unpaired) electrons. The molecular formula is C22H33NO6. The zero-order valence-electron chi connectivity index (χ0n) is 17.7. The quantitative estimate of drug-likeness (QED) is 0.571. The van der Waals surface area contributed by atoms with Crippen LogP contribution in [-0.2, 0) is 14.3 Å². The Morgan fingerprint density at radius 3 is 2.62 bits per heavy atom. The Morgan fingerprint density at radius 2 is 1.97 bits per heavy atom. The molecule has 162 valence electrons. The third kappa shape index (κ3) is 5.70. The summed E-state index contributed by atoms with van der Waals surface area (Å²) in [5, 5.41) is 24.5. The summed E-state index contributed by atoms with van der Waals surface area (Å²) in [6.07, 6.45) is 1.16. The molecule has 1 fully saturated rings. The van der Waals surface area contributed by atoms with Crippen LogP contribution in [0.15, 0.2) is 24.3 Å². The van der Waals surface area contributed by atoms with Gasteiger partial charge in [-0.2, -0.15) is 0 Å². The van der Waals surface area contributed by atoms with E-state index in [1.807, 2.05) is 20.8 Å². The lowest BCUT2D eigenvalue weighted by molar-refractivity contribution is -0.156. The van der Waals surface area contributed by atoms with Gasteiger partial charge in [0, 0.05) is 12.1 Å². The average molecular weight is 408 g/mol. The number of para-hydroxylation sites is 1. The number of methoxy groups -OCH3 is 1. The van der Waals surface area contributed by atoms with E-state index in [0.717, 1.165) is 12.8 Å². The maximum atomic E-state index is 12.9. The van der Waals surface area contributed by atoms with Crippen LogP contribution in [0, 0.1) is 17.8 Å². The van der Waals surface area contributed by atoms with Crippen LogP contribution < -0.4 is 10.1 Å². The van der Waals surface area contributed by atoms with E-state index in [1.165, 1.54) is 7.11 Å². The highest BCUT2D eigenvalue weighted by Crippen LogP contribution is 2.41. The summed E-state index contributed by atoms with van der Waals surface area (Å²) in [4.78, 5) is 24.2. The number of amides is 1. The van der Waals surface area contributed by atoms with Crippen molar-refractivity contribution in [2.24, 2.45) is 17.8 Å². The molecule has 2 rings (SSSR count). The van der Waals surface area contributed by atoms with Gasteiger partial charge in [-0.15, -0.1) is 0 Å². The zero-order chi connectivity index (χ0) is 21.6. The molecule has 1 aliphatic rings. The predicted octanol–water partition coefficient (Wildman–Crippen LogP) is 2.21. The van der Waals surface area contributed by atoms with Crippen molar-refractivity contribution in [3.63, 3.8) is 0 Å². The van der Waals surface area contributed by atoms with E-state index in [9.17, 15) is 19.8 Å². The molecule has 1 saturated carbocycles. The number of carbonyl (C=O) groups is 2. The van der Waals surface area contributed by atoms with Crippen LogP contribution in [0.3, 0.4) is 0 Å². The smallest absolute Gasteiger partial charge is 0.343 e. The van der Waals surface area contributed by atoms with Gasteiger partial charge in [-0.3, -0.25) is 4.79 Å². The molecule has 0 spiro atoms. The average Bonchev–Trinajstić information content (AvgIpc) is 2.69. The van der Waals surface area contributed by atoms with Gasteiger partial charge in [-0.1, -0.05) is 45.4 Å². The molecule has 0 heterocycles. The van der Waals surface area contributed by atoms with Gasteiger partial charge < -0.3 is 25.0 Å². The molecule has 0 saturated heterocycles. The minimum Gasteiger partial charge on any atom is -0.482 e. The molecule has 1 aliphatic carbocycles. The molecule has 1 aromatic rings. The number of aliphatic hydroxyl groups is 2. The van der Waals surface area contributed by atoms with E-state index in [0.29, 0.717) is 17.7 Å². The van der Waals surface area contributed by atoms with Crippen LogP contribution in [0.4, 0.5) is 0 Å². The number of carbonyl (C=O) groups excluding carboxylic acids is 2. The van der Waals surface area contributed by atoms with Crippen LogP contribution >= 0.6 is 0 Å². The van der Waals surface area contributed by atoms with Crippen molar-refractivity contribution in [2.75, 3.05) is 20.3 Å². The van der Waals surface area contributed by atoms with Crippen molar-refractivity contribution >= 4 is 11.9 Å². The fraction of sp³-hybridized carbons (Fsp3) is 0.636. The maximum absolute atomic E-state index is 12.9. The van der Waals surface area contributed by atoms with Crippen molar-refractivity contribution in [3.8, 4) is 5.75 Å². The van der Waals surface area contributed by atoms with Gasteiger partial charge in [0.1, 0.15) is 11.4 Å². The van der Waals surface area contributed by atoms with Crippen LogP contribution in [0.25, 0.3) is 0 Å². The van der Waals surface area contributed by atoms with E-state index >= 15 is 0 Å². The first kappa shape index (κ1) is 23.2. The fourth-order valence-electron chi connectivity index (χ4n) is 4.17. The molecule has 1 aromatic carbocycles. The summed E-state index contributed by atoms with van der Waals surface area (Å²) in [5.74, 6) is -0.323. The summed E-state index contributed by atoms with van der Waals surface area (Å²) in [6, 6.07) is 6.75. The lowest BCUT2D eigenvalue weighted by Crippen LogP contribution is -2.56. The minimum absolute atomic E-state index is 0.0705. The molecule has 7 nitrogen and oxygen atoms in total. The van der Waals surface area contributed by atoms with Gasteiger partial charge in [-0.25, -0.2) is 4.79 Å². The number of aliphatic hydroxyl groups excluding tert-OH is 1. The first-order chi connectivity index (χ1) is 13.7. The number of ether oxygens (including phenoxy) is 2. The molecule has 4 atom stereocenters. The Bertz CT molecular complexity index is 706. The molecule has 0 aromatic heterocycles. The second kappa shape index (κ2) is 10.1. The molecule has 1 unspecified atom stereocenters. The third-order valence-electron chi connectivity index (χ3n) is 5.75. The molecule has 1 amide bonds. The second-order valence-electron chi connectivity index (χ2n) is 8.29. The van der Waals surface area contributed by atoms with Crippen molar-refractivity contribution in [3.05, 3.63) is 29.8 Å². The first-order valence-corrected chi connectivity index (χ1v) is 10.2. The summed E-state index contributed by atoms with van der Waals surface area (Å²) < 4.78 is 9.98. The minimum atomic E-state index is -1.44. The Morgan fingerprint density at radius 1 is 1.28 bits per heavy atom. The second-order valence-corrected chi connectivity index (χ2v) is 8.29. The van der Waals surface area contributed by atoms with Gasteiger partial charge in [0.25, 0.3) is 5.91 Å². The number of hydrogen-bond donors (Lipinski definition) is 3. The fourth-order valence-corrected chi connectivity index (χ4v) is 4.17. The topological polar surface area (TPSA) is 105 Å². The highest BCUT2D eigenvalue weighted by atomic mass is 16.6. The predicted molar refractivity (Wildman–Crippen MR) is 108 cm³/mol. The Balaban J connectivity index is 2.05. The molecule has 0 bridgehead atoms. The van der Waals surface area contributed by atoms with Crippen LogP contribution in [0.2, 0.25) is 0 Å². The number of benzene rings is 1. The number of hydrogen-bond acceptors (Lipinski definition) is 6. The van der Waals surface area contributed by atoms with Crippen molar-refractivity contribution in [1.29, 1.82) is 0 Å². The summed E-state index contributed by atoms with van der Waals surface area (Å²) in [6.45, 7) is 5.73. The lowest BCUT2D eigenvalue weighted by atomic mass is 9.66. The van der Waals surface area contributed by atoms with E-state index in [-0.39, 0.29) is 30.9 Å². The lowest BCUT2D eigenvalue weighted by Gasteiger charge is -2.43. The summed E-state index contributed by atoms with van der Waals surface area (Å²) in [5.41, 5.74) is -0.993. The van der Waals surface area contributed by atoms with Crippen LogP contribution in [-0.4, -0.2) is 48.0 Å². The van der Waals surface area contributed by atoms with Crippen LogP contribution in [0.5, 0.6) is 5.75 Å². The highest BCUT2D eigenvalue weighted by molar-refractivity contribution is 5.85. The molecule has 29 heavy (non-hydrogen) atoms. The Hall–Kier alpha value is -2.12. The largest absolute Gasteiger partial charge is 0.482 e. The summed E-state index contributed by atoms with van der Waals surface area (Å²) >= 11 is 0. The van der Waals surface area contributed by atoms with Crippen molar-refractivity contribution < 1.29 is 29.3 Å². The van der Waals surface area contributed by atoms with Crippen LogP contribution in [0.1, 0.15) is 51.7 Å². The molecular weight excluding hydrogens is 374 g/mol. The molecule has 0 aliphatic heterocycles. The Kier molecular flexibility index (Phi) is 8.05.